The maximum atomic E-state index is 9.83. The van der Waals surface area contributed by atoms with Gasteiger partial charge < -0.3 is 9.63 Å². The Morgan fingerprint density at radius 2 is 2.38 bits per heavy atom. The summed E-state index contributed by atoms with van der Waals surface area (Å²) in [6, 6.07) is 1.68. The Bertz CT molecular complexity index is 341. The Morgan fingerprint density at radius 3 is 2.85 bits per heavy atom. The van der Waals surface area contributed by atoms with Gasteiger partial charge in [-0.15, -0.1) is 5.92 Å². The van der Waals surface area contributed by atoms with Crippen LogP contribution in [-0.2, 0) is 5.60 Å². The number of aryl methyl sites for hydroxylation is 1. The predicted octanol–water partition coefficient (Wildman–Crippen LogP) is 1.60. The molecule has 1 aromatic rings. The molecule has 13 heavy (non-hydrogen) atoms. The van der Waals surface area contributed by atoms with Crippen molar-refractivity contribution in [3.05, 3.63) is 17.5 Å². The average Bonchev–Trinajstić information content (AvgIpc) is 2.49. The summed E-state index contributed by atoms with van der Waals surface area (Å²) >= 11 is 0. The fraction of sp³-hybridized carbons (Fsp3) is 0.500. The summed E-state index contributed by atoms with van der Waals surface area (Å²) in [6.45, 7) is 5.31. The van der Waals surface area contributed by atoms with Gasteiger partial charge in [-0.3, -0.25) is 0 Å². The first kappa shape index (κ1) is 9.82. The summed E-state index contributed by atoms with van der Waals surface area (Å²) in [5.41, 5.74) is -0.737. The quantitative estimate of drug-likeness (QED) is 0.666. The van der Waals surface area contributed by atoms with Crippen LogP contribution in [0.5, 0.6) is 0 Å². The minimum absolute atomic E-state index is 0.464. The lowest BCUT2D eigenvalue weighted by Gasteiger charge is -2.11. The highest BCUT2D eigenvalue weighted by molar-refractivity contribution is 5.24. The Labute approximate surface area is 77.7 Å². The maximum absolute atomic E-state index is 9.83. The van der Waals surface area contributed by atoms with Crippen molar-refractivity contribution in [1.29, 1.82) is 0 Å². The normalized spacial score (nSPS) is 14.5. The molecule has 0 aliphatic carbocycles. The summed E-state index contributed by atoms with van der Waals surface area (Å²) in [5, 5.41) is 13.5. The molecule has 1 aromatic heterocycles. The Hall–Kier alpha value is -1.27. The van der Waals surface area contributed by atoms with Crippen LogP contribution in [0.25, 0.3) is 0 Å². The highest BCUT2D eigenvalue weighted by atomic mass is 16.5. The van der Waals surface area contributed by atoms with E-state index < -0.39 is 5.60 Å². The molecular weight excluding hydrogens is 166 g/mol. The number of rotatable bonds is 1. The Balaban J connectivity index is 2.93. The van der Waals surface area contributed by atoms with Gasteiger partial charge in [0.05, 0.1) is 0 Å². The zero-order valence-electron chi connectivity index (χ0n) is 8.09. The zero-order valence-corrected chi connectivity index (χ0v) is 8.09. The minimum Gasteiger partial charge on any atom is -0.372 e. The lowest BCUT2D eigenvalue weighted by Crippen LogP contribution is -2.18. The summed E-state index contributed by atoms with van der Waals surface area (Å²) in [6.07, 6.45) is 0.715. The van der Waals surface area contributed by atoms with Gasteiger partial charge in [0.15, 0.2) is 5.60 Å². The first-order valence-electron chi connectivity index (χ1n) is 4.22. The largest absolute Gasteiger partial charge is 0.372 e. The molecule has 1 rings (SSSR count). The third-order valence-electron chi connectivity index (χ3n) is 1.64. The average molecular weight is 179 g/mol. The van der Waals surface area contributed by atoms with Crippen molar-refractivity contribution >= 4 is 0 Å². The summed E-state index contributed by atoms with van der Waals surface area (Å²) < 4.78 is 4.85. The standard InChI is InChI=1S/C10H13NO2/c1-4-5-6-10(3,12)9-7-8(2)13-11-9/h7,12H,4H2,1-3H3. The van der Waals surface area contributed by atoms with Crippen molar-refractivity contribution in [1.82, 2.24) is 5.16 Å². The van der Waals surface area contributed by atoms with Gasteiger partial charge in [0.25, 0.3) is 0 Å². The highest BCUT2D eigenvalue weighted by Crippen LogP contribution is 2.18. The number of aliphatic hydroxyl groups is 1. The molecular formula is C10H13NO2. The van der Waals surface area contributed by atoms with E-state index in [1.165, 1.54) is 0 Å². The van der Waals surface area contributed by atoms with Gasteiger partial charge in [-0.2, -0.15) is 0 Å². The van der Waals surface area contributed by atoms with Gasteiger partial charge in [-0.25, -0.2) is 0 Å². The van der Waals surface area contributed by atoms with E-state index in [0.29, 0.717) is 17.9 Å². The molecule has 0 radical (unpaired) electrons. The lowest BCUT2D eigenvalue weighted by atomic mass is 10.0. The van der Waals surface area contributed by atoms with E-state index in [9.17, 15) is 5.11 Å². The van der Waals surface area contributed by atoms with Crippen LogP contribution in [0.3, 0.4) is 0 Å². The molecule has 3 heteroatoms. The molecule has 0 saturated carbocycles. The van der Waals surface area contributed by atoms with Crippen LogP contribution in [-0.4, -0.2) is 10.3 Å². The maximum Gasteiger partial charge on any atom is 0.168 e. The molecule has 0 bridgehead atoms. The molecule has 0 spiro atoms. The molecule has 0 amide bonds. The molecule has 1 atom stereocenters. The van der Waals surface area contributed by atoms with Crippen molar-refractivity contribution < 1.29 is 9.63 Å². The zero-order chi connectivity index (χ0) is 9.90. The summed E-state index contributed by atoms with van der Waals surface area (Å²) in [5.74, 6) is 6.21. The number of hydrogen-bond acceptors (Lipinski definition) is 3. The van der Waals surface area contributed by atoms with Crippen molar-refractivity contribution in [2.24, 2.45) is 0 Å². The van der Waals surface area contributed by atoms with Gasteiger partial charge in [-0.05, 0) is 13.8 Å². The topological polar surface area (TPSA) is 46.3 Å². The molecule has 1 unspecified atom stereocenters. The van der Waals surface area contributed by atoms with Crippen molar-refractivity contribution in [3.8, 4) is 11.8 Å². The molecule has 0 saturated heterocycles. The lowest BCUT2D eigenvalue weighted by molar-refractivity contribution is 0.112. The SMILES string of the molecule is CCC#CC(C)(O)c1cc(C)on1. The van der Waals surface area contributed by atoms with E-state index in [1.54, 1.807) is 19.9 Å². The molecule has 1 heterocycles. The summed E-state index contributed by atoms with van der Waals surface area (Å²) in [7, 11) is 0. The van der Waals surface area contributed by atoms with Crippen molar-refractivity contribution in [2.45, 2.75) is 32.8 Å². The van der Waals surface area contributed by atoms with Crippen molar-refractivity contribution in [3.63, 3.8) is 0 Å². The number of hydrogen-bond donors (Lipinski definition) is 1. The molecule has 0 fully saturated rings. The van der Waals surface area contributed by atoms with Crippen LogP contribution in [0, 0.1) is 18.8 Å². The van der Waals surface area contributed by atoms with Crippen LogP contribution in [0.1, 0.15) is 31.7 Å². The number of aromatic nitrogens is 1. The third-order valence-corrected chi connectivity index (χ3v) is 1.64. The van der Waals surface area contributed by atoms with Gasteiger partial charge in [0.1, 0.15) is 11.5 Å². The Kier molecular flexibility index (Phi) is 2.74. The molecule has 0 aliphatic rings. The van der Waals surface area contributed by atoms with Crippen LogP contribution in [0.4, 0.5) is 0 Å². The van der Waals surface area contributed by atoms with Crippen LogP contribution in [0.2, 0.25) is 0 Å². The predicted molar refractivity (Wildman–Crippen MR) is 48.9 cm³/mol. The molecule has 3 nitrogen and oxygen atoms in total. The first-order valence-corrected chi connectivity index (χ1v) is 4.22. The number of nitrogens with zero attached hydrogens (tertiary/aromatic N) is 1. The van der Waals surface area contributed by atoms with Crippen LogP contribution >= 0.6 is 0 Å². The van der Waals surface area contributed by atoms with Gasteiger partial charge in [0, 0.05) is 12.5 Å². The van der Waals surface area contributed by atoms with Crippen molar-refractivity contribution in [2.75, 3.05) is 0 Å². The second kappa shape index (κ2) is 3.63. The van der Waals surface area contributed by atoms with Gasteiger partial charge in [0.2, 0.25) is 0 Å². The second-order valence-electron chi connectivity index (χ2n) is 3.05. The molecule has 70 valence electrons. The highest BCUT2D eigenvalue weighted by Gasteiger charge is 2.23. The fourth-order valence-electron chi connectivity index (χ4n) is 0.920. The molecule has 0 aliphatic heterocycles. The van der Waals surface area contributed by atoms with E-state index >= 15 is 0 Å². The molecule has 1 N–H and O–H groups in total. The van der Waals surface area contributed by atoms with Crippen LogP contribution in [0.15, 0.2) is 10.6 Å². The Morgan fingerprint density at radius 1 is 1.69 bits per heavy atom. The van der Waals surface area contributed by atoms with Gasteiger partial charge in [-0.1, -0.05) is 18.0 Å². The van der Waals surface area contributed by atoms with E-state index in [2.05, 4.69) is 17.0 Å². The van der Waals surface area contributed by atoms with E-state index in [0.717, 1.165) is 0 Å². The van der Waals surface area contributed by atoms with E-state index in [1.807, 2.05) is 6.92 Å². The van der Waals surface area contributed by atoms with Crippen LogP contribution < -0.4 is 0 Å². The van der Waals surface area contributed by atoms with Gasteiger partial charge >= 0.3 is 0 Å². The second-order valence-corrected chi connectivity index (χ2v) is 3.05. The fourth-order valence-corrected chi connectivity index (χ4v) is 0.920. The first-order chi connectivity index (χ1) is 6.06. The summed E-state index contributed by atoms with van der Waals surface area (Å²) in [4.78, 5) is 0. The van der Waals surface area contributed by atoms with E-state index in [-0.39, 0.29) is 0 Å². The minimum atomic E-state index is -1.20. The smallest absolute Gasteiger partial charge is 0.168 e. The monoisotopic (exact) mass is 179 g/mol. The third kappa shape index (κ3) is 2.33. The molecule has 0 aromatic carbocycles. The van der Waals surface area contributed by atoms with E-state index in [4.69, 9.17) is 4.52 Å².